The van der Waals surface area contributed by atoms with Gasteiger partial charge < -0.3 is 20.7 Å². The Morgan fingerprint density at radius 2 is 1.83 bits per heavy atom. The predicted molar refractivity (Wildman–Crippen MR) is 139 cm³/mol. The van der Waals surface area contributed by atoms with E-state index >= 15 is 0 Å². The molecule has 8 nitrogen and oxygen atoms in total. The summed E-state index contributed by atoms with van der Waals surface area (Å²) in [7, 11) is 1.34. The summed E-state index contributed by atoms with van der Waals surface area (Å²) in [6.07, 6.45) is 1.78. The van der Waals surface area contributed by atoms with Gasteiger partial charge >= 0.3 is 0 Å². The molecule has 3 aromatic carbocycles. The summed E-state index contributed by atoms with van der Waals surface area (Å²) in [6, 6.07) is 18.6. The molecule has 35 heavy (non-hydrogen) atoms. The highest BCUT2D eigenvalue weighted by molar-refractivity contribution is 7.12. The van der Waals surface area contributed by atoms with Crippen molar-refractivity contribution in [2.24, 2.45) is 0 Å². The lowest BCUT2D eigenvalue weighted by Gasteiger charge is -2.13. The van der Waals surface area contributed by atoms with E-state index in [9.17, 15) is 14.4 Å². The van der Waals surface area contributed by atoms with Crippen LogP contribution in [-0.2, 0) is 6.54 Å². The number of benzene rings is 2. The molecule has 0 atom stereocenters. The van der Waals surface area contributed by atoms with E-state index in [0.717, 1.165) is 22.2 Å². The molecule has 5 aromatic rings. The number of fused-ring (bicyclic) bond motifs is 1. The highest BCUT2D eigenvalue weighted by Gasteiger charge is 2.22. The van der Waals surface area contributed by atoms with Crippen molar-refractivity contribution in [2.45, 2.75) is 6.54 Å². The van der Waals surface area contributed by atoms with Crippen LogP contribution in [0.2, 0.25) is 0 Å². The van der Waals surface area contributed by atoms with Gasteiger partial charge in [-0.25, -0.2) is 0 Å². The predicted octanol–water partition coefficient (Wildman–Crippen LogP) is 4.51. The first-order chi connectivity index (χ1) is 17.0. The van der Waals surface area contributed by atoms with Gasteiger partial charge in [0.2, 0.25) is 0 Å². The Balaban J connectivity index is 1.29. The maximum Gasteiger partial charge on any atom is 0.272 e. The second-order valence-corrected chi connectivity index (χ2v) is 8.65. The molecule has 0 radical (unpaired) electrons. The molecular weight excluding hydrogens is 464 g/mol. The number of anilines is 4. The molecule has 0 spiro atoms. The summed E-state index contributed by atoms with van der Waals surface area (Å²) in [6.45, 7) is 0.545. The number of thiophene rings is 1. The van der Waals surface area contributed by atoms with Gasteiger partial charge in [-0.1, -0.05) is 24.3 Å². The second-order valence-electron chi connectivity index (χ2n) is 7.73. The van der Waals surface area contributed by atoms with Crippen LogP contribution in [0.5, 0.6) is 5.75 Å². The van der Waals surface area contributed by atoms with Crippen molar-refractivity contribution in [3.8, 4) is 5.75 Å². The van der Waals surface area contributed by atoms with Crippen LogP contribution in [0.1, 0.15) is 15.2 Å². The van der Waals surface area contributed by atoms with Gasteiger partial charge in [0.25, 0.3) is 16.8 Å². The number of methoxy groups -OCH3 is 1. The average molecular weight is 485 g/mol. The van der Waals surface area contributed by atoms with E-state index in [4.69, 9.17) is 4.74 Å². The lowest BCUT2D eigenvalue weighted by molar-refractivity contribution is 0.103. The molecule has 0 aliphatic heterocycles. The quantitative estimate of drug-likeness (QED) is 0.278. The molecule has 0 aliphatic carbocycles. The number of para-hydroxylation sites is 1. The third-order valence-corrected chi connectivity index (χ3v) is 6.45. The number of hydrogen-bond acceptors (Lipinski definition) is 8. The molecular formula is C26H20N4O4S. The smallest absolute Gasteiger partial charge is 0.272 e. The molecule has 0 aliphatic rings. The highest BCUT2D eigenvalue weighted by Crippen LogP contribution is 2.27. The summed E-state index contributed by atoms with van der Waals surface area (Å²) in [5, 5.41) is 12.1. The van der Waals surface area contributed by atoms with Gasteiger partial charge in [-0.3, -0.25) is 19.4 Å². The van der Waals surface area contributed by atoms with Crippen LogP contribution in [0.15, 0.2) is 81.8 Å². The highest BCUT2D eigenvalue weighted by atomic mass is 32.1. The van der Waals surface area contributed by atoms with Gasteiger partial charge in [0.15, 0.2) is 5.75 Å². The molecule has 0 saturated carbocycles. The van der Waals surface area contributed by atoms with Gasteiger partial charge in [-0.15, -0.1) is 11.3 Å². The standard InChI is InChI=1S/C26H20N4O4S/c1-34-24-21(22(31)23(24)32)29-16-5-4-6-17(13-16)30-26(33)25-20(10-12-35-25)28-14-15-9-11-27-19-8-3-2-7-18(15)19/h2-13,28-29H,14H2,1H3,(H,30,33). The summed E-state index contributed by atoms with van der Waals surface area (Å²) < 4.78 is 4.96. The number of aromatic nitrogens is 1. The fourth-order valence-corrected chi connectivity index (χ4v) is 4.58. The van der Waals surface area contributed by atoms with Gasteiger partial charge in [-0.05, 0) is 47.3 Å². The first kappa shape index (κ1) is 22.3. The third-order valence-electron chi connectivity index (χ3n) is 5.54. The molecule has 3 N–H and O–H groups in total. The molecule has 1 amide bonds. The monoisotopic (exact) mass is 484 g/mol. The molecule has 5 rings (SSSR count). The van der Waals surface area contributed by atoms with Crippen LogP contribution in [0, 0.1) is 0 Å². The number of pyridine rings is 1. The van der Waals surface area contributed by atoms with Crippen molar-refractivity contribution in [3.05, 3.63) is 103 Å². The molecule has 2 heterocycles. The fourth-order valence-electron chi connectivity index (χ4n) is 3.81. The Labute approximate surface area is 203 Å². The lowest BCUT2D eigenvalue weighted by Crippen LogP contribution is -2.34. The largest absolute Gasteiger partial charge is 0.491 e. The number of ether oxygens (including phenoxy) is 1. The lowest BCUT2D eigenvalue weighted by atomic mass is 10.1. The van der Waals surface area contributed by atoms with Crippen LogP contribution in [0.3, 0.4) is 0 Å². The van der Waals surface area contributed by atoms with E-state index in [2.05, 4.69) is 20.9 Å². The zero-order valence-corrected chi connectivity index (χ0v) is 19.4. The minimum atomic E-state index is -0.656. The van der Waals surface area contributed by atoms with Crippen LogP contribution < -0.4 is 31.5 Å². The van der Waals surface area contributed by atoms with Crippen LogP contribution >= 0.6 is 11.3 Å². The summed E-state index contributed by atoms with van der Waals surface area (Å²) in [5.41, 5.74) is 2.64. The van der Waals surface area contributed by atoms with E-state index in [-0.39, 0.29) is 17.3 Å². The minimum absolute atomic E-state index is 0.000663. The van der Waals surface area contributed by atoms with Crippen molar-refractivity contribution >= 4 is 50.9 Å². The zero-order chi connectivity index (χ0) is 24.4. The molecule has 174 valence electrons. The zero-order valence-electron chi connectivity index (χ0n) is 18.6. The van der Waals surface area contributed by atoms with Gasteiger partial charge in [-0.2, -0.15) is 0 Å². The van der Waals surface area contributed by atoms with Crippen molar-refractivity contribution in [1.82, 2.24) is 4.98 Å². The third kappa shape index (κ3) is 4.36. The summed E-state index contributed by atoms with van der Waals surface area (Å²) in [5.74, 6) is -0.258. The topological polar surface area (TPSA) is 109 Å². The van der Waals surface area contributed by atoms with Crippen molar-refractivity contribution in [2.75, 3.05) is 23.1 Å². The van der Waals surface area contributed by atoms with Gasteiger partial charge in [0, 0.05) is 29.5 Å². The van der Waals surface area contributed by atoms with E-state index in [1.165, 1.54) is 18.4 Å². The number of hydrogen-bond donors (Lipinski definition) is 3. The maximum absolute atomic E-state index is 13.0. The number of amides is 1. The van der Waals surface area contributed by atoms with Crippen molar-refractivity contribution in [1.29, 1.82) is 0 Å². The van der Waals surface area contributed by atoms with E-state index in [1.807, 2.05) is 41.8 Å². The number of nitrogens with zero attached hydrogens (tertiary/aromatic N) is 1. The normalized spacial score (nSPS) is 10.9. The second kappa shape index (κ2) is 9.40. The molecule has 0 saturated heterocycles. The van der Waals surface area contributed by atoms with Crippen LogP contribution in [0.4, 0.5) is 22.7 Å². The molecule has 0 bridgehead atoms. The Morgan fingerprint density at radius 1 is 1.00 bits per heavy atom. The average Bonchev–Trinajstić information content (AvgIpc) is 3.36. The Bertz CT molecular complexity index is 1610. The van der Waals surface area contributed by atoms with Crippen molar-refractivity contribution < 1.29 is 9.53 Å². The van der Waals surface area contributed by atoms with Gasteiger partial charge in [0.05, 0.1) is 18.3 Å². The Kier molecular flexibility index (Phi) is 5.99. The minimum Gasteiger partial charge on any atom is -0.491 e. The Morgan fingerprint density at radius 3 is 2.69 bits per heavy atom. The molecule has 9 heteroatoms. The number of carbonyl (C=O) groups excluding carboxylic acids is 1. The number of carbonyl (C=O) groups is 1. The van der Waals surface area contributed by atoms with Crippen molar-refractivity contribution in [3.63, 3.8) is 0 Å². The van der Waals surface area contributed by atoms with Crippen LogP contribution in [0.25, 0.3) is 10.9 Å². The molecule has 0 unspecified atom stereocenters. The first-order valence-corrected chi connectivity index (χ1v) is 11.6. The van der Waals surface area contributed by atoms with E-state index < -0.39 is 10.9 Å². The first-order valence-electron chi connectivity index (χ1n) is 10.7. The number of nitrogens with one attached hydrogen (secondary N) is 3. The Hall–Kier alpha value is -4.50. The summed E-state index contributed by atoms with van der Waals surface area (Å²) in [4.78, 5) is 41.3. The van der Waals surface area contributed by atoms with E-state index in [1.54, 1.807) is 30.5 Å². The van der Waals surface area contributed by atoms with Crippen LogP contribution in [-0.4, -0.2) is 18.0 Å². The van der Waals surface area contributed by atoms with E-state index in [0.29, 0.717) is 22.8 Å². The molecule has 2 aromatic heterocycles. The summed E-state index contributed by atoms with van der Waals surface area (Å²) >= 11 is 1.34. The molecule has 0 fully saturated rings. The fraction of sp³-hybridized carbons (Fsp3) is 0.0769. The SMILES string of the molecule is COc1c(Nc2cccc(NC(=O)c3sccc3NCc3ccnc4ccccc34)c2)c(=O)c1=O. The van der Waals surface area contributed by atoms with Gasteiger partial charge in [0.1, 0.15) is 10.6 Å². The maximum atomic E-state index is 13.0. The number of rotatable bonds is 8.